The van der Waals surface area contributed by atoms with Crippen LogP contribution in [0.3, 0.4) is 0 Å². The van der Waals surface area contributed by atoms with E-state index in [4.69, 9.17) is 0 Å². The van der Waals surface area contributed by atoms with Gasteiger partial charge in [-0.05, 0) is 24.3 Å². The maximum atomic E-state index is 12.4. The maximum Gasteiger partial charge on any atom is 0.317 e. The topological polar surface area (TPSA) is 91.4 Å². The molecule has 3 heterocycles. The van der Waals surface area contributed by atoms with Crippen molar-refractivity contribution < 1.29 is 13.2 Å². The van der Waals surface area contributed by atoms with Gasteiger partial charge in [-0.3, -0.25) is 0 Å². The molecule has 0 spiro atoms. The van der Waals surface area contributed by atoms with Crippen LogP contribution in [0.1, 0.15) is 44.3 Å². The lowest BCUT2D eigenvalue weighted by Gasteiger charge is -2.32. The van der Waals surface area contributed by atoms with Gasteiger partial charge in [0, 0.05) is 29.9 Å². The van der Waals surface area contributed by atoms with Crippen LogP contribution >= 0.6 is 22.7 Å². The lowest BCUT2D eigenvalue weighted by Crippen LogP contribution is -2.49. The Bertz CT molecular complexity index is 893. The molecule has 2 amide bonds. The number of carbonyl (C=O) groups excluding carboxylic acids is 1. The normalized spacial score (nSPS) is 16.3. The van der Waals surface area contributed by atoms with Crippen molar-refractivity contribution in [1.29, 1.82) is 0 Å². The minimum atomic E-state index is -3.47. The molecule has 28 heavy (non-hydrogen) atoms. The number of rotatable bonds is 5. The van der Waals surface area contributed by atoms with E-state index in [-0.39, 0.29) is 17.5 Å². The van der Waals surface area contributed by atoms with E-state index in [0.29, 0.717) is 36.7 Å². The van der Waals surface area contributed by atoms with Gasteiger partial charge in [-0.25, -0.2) is 22.9 Å². The standard InChI is InChI=1S/C18H26N4O3S3/c1-18(2,3)16-20-14(12-27-16)11-19-17(23)22-8-6-13(7-9-22)21-28(24,25)15-5-4-10-26-15/h4-5,10,12-13,21H,6-9,11H2,1-3H3,(H,19,23). The maximum absolute atomic E-state index is 12.4. The molecule has 0 unspecified atom stereocenters. The third-order valence-electron chi connectivity index (χ3n) is 4.48. The van der Waals surface area contributed by atoms with Crippen molar-refractivity contribution in [2.75, 3.05) is 13.1 Å². The lowest BCUT2D eigenvalue weighted by atomic mass is 9.98. The van der Waals surface area contributed by atoms with Crippen molar-refractivity contribution in [2.45, 2.75) is 55.8 Å². The molecule has 1 saturated heterocycles. The molecule has 0 saturated carbocycles. The summed E-state index contributed by atoms with van der Waals surface area (Å²) >= 11 is 2.81. The smallest absolute Gasteiger partial charge is 0.317 e. The molecule has 2 N–H and O–H groups in total. The molecule has 0 radical (unpaired) electrons. The number of sulfonamides is 1. The molecule has 0 aliphatic carbocycles. The Morgan fingerprint density at radius 3 is 2.57 bits per heavy atom. The van der Waals surface area contributed by atoms with Gasteiger partial charge in [0.1, 0.15) is 4.21 Å². The van der Waals surface area contributed by atoms with E-state index in [1.165, 1.54) is 11.3 Å². The van der Waals surface area contributed by atoms with Crippen LogP contribution in [0.4, 0.5) is 4.79 Å². The number of nitrogens with one attached hydrogen (secondary N) is 2. The van der Waals surface area contributed by atoms with Crippen molar-refractivity contribution in [3.05, 3.63) is 33.6 Å². The number of urea groups is 1. The number of likely N-dealkylation sites (tertiary alicyclic amines) is 1. The van der Waals surface area contributed by atoms with Gasteiger partial charge in [0.05, 0.1) is 17.2 Å². The molecule has 1 aliphatic heterocycles. The summed E-state index contributed by atoms with van der Waals surface area (Å²) < 4.78 is 27.7. The second-order valence-corrected chi connectivity index (χ2v) is 11.6. The van der Waals surface area contributed by atoms with Crippen molar-refractivity contribution >= 4 is 38.7 Å². The lowest BCUT2D eigenvalue weighted by molar-refractivity contribution is 0.179. The number of thiazole rings is 1. The molecule has 0 atom stereocenters. The van der Waals surface area contributed by atoms with E-state index in [2.05, 4.69) is 35.8 Å². The van der Waals surface area contributed by atoms with Crippen molar-refractivity contribution in [3.63, 3.8) is 0 Å². The third-order valence-corrected chi connectivity index (χ3v) is 8.71. The van der Waals surface area contributed by atoms with Gasteiger partial charge < -0.3 is 10.2 Å². The summed E-state index contributed by atoms with van der Waals surface area (Å²) in [5.74, 6) is 0. The van der Waals surface area contributed by atoms with Crippen LogP contribution in [0.5, 0.6) is 0 Å². The van der Waals surface area contributed by atoms with E-state index < -0.39 is 10.0 Å². The zero-order chi connectivity index (χ0) is 20.4. The number of thiophene rings is 1. The van der Waals surface area contributed by atoms with Crippen molar-refractivity contribution in [1.82, 2.24) is 19.9 Å². The van der Waals surface area contributed by atoms with Gasteiger partial charge in [-0.15, -0.1) is 22.7 Å². The molecular formula is C18H26N4O3S3. The highest BCUT2D eigenvalue weighted by atomic mass is 32.2. The molecule has 1 fully saturated rings. The van der Waals surface area contributed by atoms with Crippen LogP contribution < -0.4 is 10.0 Å². The molecule has 2 aromatic heterocycles. The Kier molecular flexibility index (Phi) is 6.43. The second-order valence-electron chi connectivity index (χ2n) is 7.87. The number of amides is 2. The number of hydrogen-bond donors (Lipinski definition) is 2. The number of carbonyl (C=O) groups is 1. The van der Waals surface area contributed by atoms with Crippen molar-refractivity contribution in [3.8, 4) is 0 Å². The number of hydrogen-bond acceptors (Lipinski definition) is 6. The van der Waals surface area contributed by atoms with Crippen LogP contribution in [-0.2, 0) is 22.0 Å². The Morgan fingerprint density at radius 1 is 1.29 bits per heavy atom. The summed E-state index contributed by atoms with van der Waals surface area (Å²) in [7, 11) is -3.47. The summed E-state index contributed by atoms with van der Waals surface area (Å²) in [6.45, 7) is 7.79. The van der Waals surface area contributed by atoms with E-state index >= 15 is 0 Å². The van der Waals surface area contributed by atoms with Gasteiger partial charge >= 0.3 is 6.03 Å². The quantitative estimate of drug-likeness (QED) is 0.744. The first-order chi connectivity index (χ1) is 13.1. The fourth-order valence-electron chi connectivity index (χ4n) is 2.90. The molecule has 7 nitrogen and oxygen atoms in total. The van der Waals surface area contributed by atoms with Crippen LogP contribution in [0, 0.1) is 0 Å². The average Bonchev–Trinajstić information content (AvgIpc) is 3.31. The Hall–Kier alpha value is -1.49. The summed E-state index contributed by atoms with van der Waals surface area (Å²) in [6.07, 6.45) is 1.20. The zero-order valence-electron chi connectivity index (χ0n) is 16.3. The monoisotopic (exact) mass is 442 g/mol. The van der Waals surface area contributed by atoms with Gasteiger partial charge in [0.15, 0.2) is 0 Å². The molecule has 154 valence electrons. The minimum absolute atomic E-state index is 0.00521. The number of aromatic nitrogens is 1. The fraction of sp³-hybridized carbons (Fsp3) is 0.556. The minimum Gasteiger partial charge on any atom is -0.332 e. The molecule has 1 aliphatic rings. The van der Waals surface area contributed by atoms with E-state index in [0.717, 1.165) is 10.7 Å². The highest BCUT2D eigenvalue weighted by molar-refractivity contribution is 7.91. The molecule has 10 heteroatoms. The van der Waals surface area contributed by atoms with Gasteiger partial charge in [0.25, 0.3) is 0 Å². The first-order valence-corrected chi connectivity index (χ1v) is 12.4. The molecule has 0 aromatic carbocycles. The fourth-order valence-corrected chi connectivity index (χ4v) is 6.13. The first-order valence-electron chi connectivity index (χ1n) is 9.18. The highest BCUT2D eigenvalue weighted by Gasteiger charge is 2.27. The van der Waals surface area contributed by atoms with Gasteiger partial charge in [-0.1, -0.05) is 26.8 Å². The summed E-state index contributed by atoms with van der Waals surface area (Å²) in [6, 6.07) is 3.03. The van der Waals surface area contributed by atoms with Gasteiger partial charge in [0.2, 0.25) is 10.0 Å². The Morgan fingerprint density at radius 2 is 2.00 bits per heavy atom. The highest BCUT2D eigenvalue weighted by Crippen LogP contribution is 2.25. The molecule has 3 rings (SSSR count). The first kappa shape index (κ1) is 21.2. The SMILES string of the molecule is CC(C)(C)c1nc(CNC(=O)N2CCC(NS(=O)(=O)c3cccs3)CC2)cs1. The van der Waals surface area contributed by atoms with Crippen molar-refractivity contribution in [2.24, 2.45) is 0 Å². The number of piperidine rings is 1. The van der Waals surface area contributed by atoms with Crippen LogP contribution in [0.2, 0.25) is 0 Å². The molecule has 2 aromatic rings. The Labute approximate surface area is 174 Å². The average molecular weight is 443 g/mol. The largest absolute Gasteiger partial charge is 0.332 e. The van der Waals surface area contributed by atoms with E-state index in [9.17, 15) is 13.2 Å². The zero-order valence-corrected chi connectivity index (χ0v) is 18.7. The predicted octanol–water partition coefficient (Wildman–Crippen LogP) is 3.15. The van der Waals surface area contributed by atoms with Crippen LogP contribution in [-0.4, -0.2) is 43.5 Å². The third kappa shape index (κ3) is 5.31. The summed E-state index contributed by atoms with van der Waals surface area (Å²) in [5, 5.41) is 7.69. The number of nitrogens with zero attached hydrogens (tertiary/aromatic N) is 2. The van der Waals surface area contributed by atoms with Crippen LogP contribution in [0.15, 0.2) is 27.1 Å². The van der Waals surface area contributed by atoms with E-state index in [1.54, 1.807) is 33.7 Å². The van der Waals surface area contributed by atoms with Gasteiger partial charge in [-0.2, -0.15) is 0 Å². The van der Waals surface area contributed by atoms with E-state index in [1.807, 2.05) is 5.38 Å². The molecule has 0 bridgehead atoms. The predicted molar refractivity (Wildman–Crippen MR) is 112 cm³/mol. The second kappa shape index (κ2) is 8.48. The summed E-state index contributed by atoms with van der Waals surface area (Å²) in [4.78, 5) is 18.7. The molecular weight excluding hydrogens is 416 g/mol. The summed E-state index contributed by atoms with van der Waals surface area (Å²) in [5.41, 5.74) is 0.868. The van der Waals surface area contributed by atoms with Crippen LogP contribution in [0.25, 0.3) is 0 Å². The Balaban J connectivity index is 1.45.